The molecule has 0 saturated heterocycles. The predicted octanol–water partition coefficient (Wildman–Crippen LogP) is 5.66. The van der Waals surface area contributed by atoms with Gasteiger partial charge in [0.05, 0.1) is 18.1 Å². The lowest BCUT2D eigenvalue weighted by Gasteiger charge is -2.19. The van der Waals surface area contributed by atoms with Crippen LogP contribution in [-0.4, -0.2) is 89.4 Å². The van der Waals surface area contributed by atoms with Gasteiger partial charge in [0.25, 0.3) is 5.69 Å². The molecule has 0 saturated carbocycles. The van der Waals surface area contributed by atoms with Crippen molar-refractivity contribution in [3.8, 4) is 5.75 Å². The van der Waals surface area contributed by atoms with Crippen molar-refractivity contribution in [3.63, 3.8) is 0 Å². The second kappa shape index (κ2) is 19.5. The Labute approximate surface area is 317 Å². The van der Waals surface area contributed by atoms with Gasteiger partial charge in [-0.15, -0.1) is 0 Å². The third-order valence-corrected chi connectivity index (χ3v) is 8.18. The summed E-state index contributed by atoms with van der Waals surface area (Å²) in [7, 11) is 1.52. The fourth-order valence-electron chi connectivity index (χ4n) is 5.76. The number of unbranched alkanes of at least 4 members (excludes halogenated alkanes) is 1. The number of non-ortho nitro benzene ring substituents is 1. The number of carbonyl (C=O) groups excluding carboxylic acids is 4. The molecule has 0 spiro atoms. The van der Waals surface area contributed by atoms with Crippen LogP contribution in [0, 0.1) is 10.1 Å². The van der Waals surface area contributed by atoms with E-state index in [1.807, 2.05) is 4.57 Å². The lowest BCUT2D eigenvalue weighted by atomic mass is 9.94. The van der Waals surface area contributed by atoms with Crippen molar-refractivity contribution >= 4 is 57.1 Å². The molecule has 1 atom stereocenters. The summed E-state index contributed by atoms with van der Waals surface area (Å²) in [6.07, 6.45) is 0.888. The Morgan fingerprint density at radius 1 is 0.909 bits per heavy atom. The molecule has 294 valence electrons. The van der Waals surface area contributed by atoms with E-state index in [0.29, 0.717) is 46.8 Å². The molecule has 0 aliphatic heterocycles. The first-order valence-corrected chi connectivity index (χ1v) is 17.6. The number of carbonyl (C=O) groups is 4. The minimum absolute atomic E-state index is 0.0179. The maximum Gasteiger partial charge on any atom is 0.341 e. The molecular weight excluding hydrogens is 718 g/mol. The van der Waals surface area contributed by atoms with E-state index < -0.39 is 28.4 Å². The van der Waals surface area contributed by atoms with E-state index in [0.717, 1.165) is 0 Å². The number of rotatable bonds is 20. The fraction of sp³-hybridized carbons (Fsp3) is 0.410. The summed E-state index contributed by atoms with van der Waals surface area (Å²) in [4.78, 5) is 64.7. The summed E-state index contributed by atoms with van der Waals surface area (Å²) in [6, 6.07) is 16.0. The van der Waals surface area contributed by atoms with E-state index >= 15 is 0 Å². The van der Waals surface area contributed by atoms with Crippen LogP contribution in [-0.2, 0) is 44.7 Å². The highest BCUT2D eigenvalue weighted by molar-refractivity contribution is 6.13. The molecule has 1 aromatic heterocycles. The number of nitrogens with zero attached hydrogens (tertiary/aromatic N) is 3. The molecule has 1 N–H and O–H groups in total. The summed E-state index contributed by atoms with van der Waals surface area (Å²) in [5.41, 5.74) is 0.310. The fourth-order valence-corrected chi connectivity index (χ4v) is 5.76. The smallest absolute Gasteiger partial charge is 0.341 e. The average molecular weight is 764 g/mol. The van der Waals surface area contributed by atoms with Gasteiger partial charge in [0.15, 0.2) is 0 Å². The number of fused-ring (bicyclic) bond motifs is 3. The predicted molar refractivity (Wildman–Crippen MR) is 200 cm³/mol. The zero-order valence-corrected chi connectivity index (χ0v) is 31.4. The van der Waals surface area contributed by atoms with Gasteiger partial charge in [-0.1, -0.05) is 23.4 Å². The number of nitro benzene ring substituents is 1. The maximum absolute atomic E-state index is 13.2. The van der Waals surface area contributed by atoms with Crippen LogP contribution < -0.4 is 4.74 Å². The first-order valence-electron chi connectivity index (χ1n) is 17.6. The van der Waals surface area contributed by atoms with Crippen molar-refractivity contribution in [1.82, 2.24) is 4.57 Å². The summed E-state index contributed by atoms with van der Waals surface area (Å²) in [5, 5.41) is 27.4. The Kier molecular flexibility index (Phi) is 14.8. The van der Waals surface area contributed by atoms with E-state index in [2.05, 4.69) is 5.16 Å². The van der Waals surface area contributed by atoms with Crippen molar-refractivity contribution < 1.29 is 57.7 Å². The third-order valence-electron chi connectivity index (χ3n) is 8.18. The van der Waals surface area contributed by atoms with E-state index in [1.165, 1.54) is 40.0 Å². The van der Waals surface area contributed by atoms with E-state index in [9.17, 15) is 34.4 Å². The first kappa shape index (κ1) is 41.9. The average Bonchev–Trinajstić information content (AvgIpc) is 3.43. The molecule has 1 unspecified atom stereocenters. The molecule has 4 rings (SSSR count). The van der Waals surface area contributed by atoms with Crippen molar-refractivity contribution in [2.75, 3.05) is 33.5 Å². The second-order valence-corrected chi connectivity index (χ2v) is 13.1. The minimum atomic E-state index is -1.50. The largest absolute Gasteiger partial charge is 0.489 e. The molecule has 16 nitrogen and oxygen atoms in total. The number of oxime groups is 1. The Morgan fingerprint density at radius 2 is 1.58 bits per heavy atom. The zero-order chi connectivity index (χ0) is 40.1. The van der Waals surface area contributed by atoms with Gasteiger partial charge in [0.2, 0.25) is 0 Å². The molecule has 0 fully saturated rings. The van der Waals surface area contributed by atoms with Gasteiger partial charge in [-0.25, -0.2) is 9.59 Å². The van der Waals surface area contributed by atoms with Gasteiger partial charge < -0.3 is 38.2 Å². The van der Waals surface area contributed by atoms with E-state index in [-0.39, 0.29) is 74.0 Å². The number of hydrogen-bond acceptors (Lipinski definition) is 14. The summed E-state index contributed by atoms with van der Waals surface area (Å²) < 4.78 is 28.6. The van der Waals surface area contributed by atoms with Crippen LogP contribution in [0.25, 0.3) is 21.8 Å². The molecule has 0 radical (unpaired) electrons. The number of ether oxygens (including phenoxy) is 5. The Morgan fingerprint density at radius 3 is 2.25 bits per heavy atom. The minimum Gasteiger partial charge on any atom is -0.489 e. The Hall–Kier alpha value is -5.87. The first-order chi connectivity index (χ1) is 26.2. The number of hydrogen-bond donors (Lipinski definition) is 1. The van der Waals surface area contributed by atoms with Crippen LogP contribution in [0.5, 0.6) is 5.75 Å². The molecule has 0 bridgehead atoms. The summed E-state index contributed by atoms with van der Waals surface area (Å²) >= 11 is 0. The molecular formula is C39H45N3O13. The number of methoxy groups -OCH3 is 1. The van der Waals surface area contributed by atoms with Crippen LogP contribution in [0.1, 0.15) is 69.3 Å². The number of aliphatic hydroxyl groups is 1. The third kappa shape index (κ3) is 11.8. The van der Waals surface area contributed by atoms with E-state index in [4.69, 9.17) is 28.5 Å². The van der Waals surface area contributed by atoms with Crippen LogP contribution in [0.15, 0.2) is 65.8 Å². The van der Waals surface area contributed by atoms with E-state index in [1.54, 1.807) is 55.5 Å². The number of esters is 3. The Balaban J connectivity index is 1.38. The van der Waals surface area contributed by atoms with Crippen LogP contribution in [0.2, 0.25) is 0 Å². The molecule has 3 aromatic carbocycles. The van der Waals surface area contributed by atoms with Crippen molar-refractivity contribution in [1.29, 1.82) is 0 Å². The lowest BCUT2D eigenvalue weighted by Crippen LogP contribution is -2.32. The zero-order valence-electron chi connectivity index (χ0n) is 31.4. The van der Waals surface area contributed by atoms with Crippen molar-refractivity contribution in [2.45, 2.75) is 71.6 Å². The number of benzene rings is 3. The molecule has 4 aromatic rings. The summed E-state index contributed by atoms with van der Waals surface area (Å²) in [6.45, 7) is 6.22. The molecule has 0 aliphatic rings. The molecule has 0 aliphatic carbocycles. The molecule has 1 heterocycles. The van der Waals surface area contributed by atoms with Crippen LogP contribution in [0.4, 0.5) is 5.69 Å². The monoisotopic (exact) mass is 763 g/mol. The van der Waals surface area contributed by atoms with Gasteiger partial charge in [-0.05, 0) is 63.9 Å². The van der Waals surface area contributed by atoms with Crippen molar-refractivity contribution in [3.05, 3.63) is 81.9 Å². The number of para-hydroxylation sites is 1. The standard InChI is InChI=1S/C39H45N3O13/c1-25(24-50-5)54-36(45)13-9-8-12-35(44)52-21-20-51-34-11-7-6-10-29(34)38(46)53-19-18-41-32-16-14-27(37(39(3,4)47)40-55-26(2)43)22-30(32)31-23-28(42(48)49)15-17-33(31)41/h6-7,10-11,14-17,22-23,25,47H,8-9,12-13,18-21,24H2,1-5H3/b40-37-. The van der Waals surface area contributed by atoms with Gasteiger partial charge in [-0.2, -0.15) is 0 Å². The molecule has 0 amide bonds. The highest BCUT2D eigenvalue weighted by Crippen LogP contribution is 2.33. The molecule has 16 heteroatoms. The van der Waals surface area contributed by atoms with Gasteiger partial charge in [-0.3, -0.25) is 19.7 Å². The number of nitro groups is 1. The van der Waals surface area contributed by atoms with Crippen molar-refractivity contribution in [2.24, 2.45) is 5.16 Å². The Bertz CT molecular complexity index is 2050. The molecule has 55 heavy (non-hydrogen) atoms. The van der Waals surface area contributed by atoms with Crippen LogP contribution >= 0.6 is 0 Å². The lowest BCUT2D eigenvalue weighted by molar-refractivity contribution is -0.384. The second-order valence-electron chi connectivity index (χ2n) is 13.1. The normalized spacial score (nSPS) is 12.3. The summed E-state index contributed by atoms with van der Waals surface area (Å²) in [5.74, 6) is -1.89. The van der Waals surface area contributed by atoms with Gasteiger partial charge in [0.1, 0.15) is 48.6 Å². The van der Waals surface area contributed by atoms with Gasteiger partial charge >= 0.3 is 23.9 Å². The number of aromatic nitrogens is 1. The highest BCUT2D eigenvalue weighted by atomic mass is 16.7. The highest BCUT2D eigenvalue weighted by Gasteiger charge is 2.26. The van der Waals surface area contributed by atoms with Crippen LogP contribution in [0.3, 0.4) is 0 Å². The van der Waals surface area contributed by atoms with Gasteiger partial charge in [0, 0.05) is 66.4 Å². The maximum atomic E-state index is 13.2. The SMILES string of the molecule is COCC(C)OC(=O)CCCCC(=O)OCCOc1ccccc1C(=O)OCCn1c2ccc(/C(=N/OC(C)=O)C(C)(C)O)cc2c2cc([N+](=O)[O-])ccc21. The topological polar surface area (TPSA) is 204 Å². The quantitative estimate of drug-likeness (QED) is 0.0220.